The summed E-state index contributed by atoms with van der Waals surface area (Å²) in [6.45, 7) is 4.65. The molecule has 0 fully saturated rings. The Morgan fingerprint density at radius 1 is 1.41 bits per heavy atom. The number of nitrogens with two attached hydrogens (primary N) is 1. The lowest BCUT2D eigenvalue weighted by atomic mass is 10.1. The number of primary amides is 1. The highest BCUT2D eigenvalue weighted by Gasteiger charge is 2.08. The lowest BCUT2D eigenvalue weighted by molar-refractivity contribution is -0.114. The van der Waals surface area contributed by atoms with Crippen LogP contribution in [0, 0.1) is 0 Å². The maximum atomic E-state index is 11.0. The highest BCUT2D eigenvalue weighted by atomic mass is 16.1. The first-order valence-electron chi connectivity index (χ1n) is 5.73. The molecule has 0 aliphatic rings. The first-order valence-corrected chi connectivity index (χ1v) is 5.73. The van der Waals surface area contributed by atoms with Gasteiger partial charge in [0.25, 0.3) is 0 Å². The van der Waals surface area contributed by atoms with Crippen molar-refractivity contribution < 1.29 is 4.79 Å². The molecule has 1 amide bonds. The fourth-order valence-electron chi connectivity index (χ4n) is 1.59. The number of carbonyl (C=O) groups is 1. The van der Waals surface area contributed by atoms with E-state index in [1.54, 1.807) is 6.92 Å². The second kappa shape index (κ2) is 6.21. The molecule has 1 aromatic carbocycles. The van der Waals surface area contributed by atoms with Crippen LogP contribution in [0.2, 0.25) is 0 Å². The van der Waals surface area contributed by atoms with Gasteiger partial charge in [0.05, 0.1) is 0 Å². The molecule has 0 saturated carbocycles. The van der Waals surface area contributed by atoms with Crippen LogP contribution in [0.4, 0.5) is 0 Å². The van der Waals surface area contributed by atoms with Crippen LogP contribution in [-0.4, -0.2) is 23.9 Å². The summed E-state index contributed by atoms with van der Waals surface area (Å²) in [4.78, 5) is 13.1. The Morgan fingerprint density at radius 3 is 2.53 bits per heavy atom. The molecule has 3 heteroatoms. The molecule has 0 aromatic heterocycles. The van der Waals surface area contributed by atoms with Crippen molar-refractivity contribution in [2.24, 2.45) is 5.73 Å². The summed E-state index contributed by atoms with van der Waals surface area (Å²) in [5.41, 5.74) is 7.08. The highest BCUT2D eigenvalue weighted by molar-refractivity contribution is 5.91. The summed E-state index contributed by atoms with van der Waals surface area (Å²) in [7, 11) is 2.03. The summed E-state index contributed by atoms with van der Waals surface area (Å²) < 4.78 is 0. The van der Waals surface area contributed by atoms with Gasteiger partial charge in [-0.15, -0.1) is 0 Å². The Hall–Kier alpha value is -1.61. The predicted octanol–water partition coefficient (Wildman–Crippen LogP) is 1.94. The van der Waals surface area contributed by atoms with Gasteiger partial charge in [-0.2, -0.15) is 0 Å². The van der Waals surface area contributed by atoms with E-state index >= 15 is 0 Å². The van der Waals surface area contributed by atoms with Crippen LogP contribution in [-0.2, 0) is 11.3 Å². The third-order valence-corrected chi connectivity index (χ3v) is 2.85. The lowest BCUT2D eigenvalue weighted by Crippen LogP contribution is -2.28. The van der Waals surface area contributed by atoms with E-state index in [-0.39, 0.29) is 11.9 Å². The van der Waals surface area contributed by atoms with Gasteiger partial charge < -0.3 is 5.73 Å². The summed E-state index contributed by atoms with van der Waals surface area (Å²) >= 11 is 0. The molecule has 0 bridgehead atoms. The number of carbonyl (C=O) groups excluding carboxylic acids is 1. The van der Waals surface area contributed by atoms with Gasteiger partial charge in [0.2, 0.25) is 5.91 Å². The van der Waals surface area contributed by atoms with Crippen LogP contribution in [0.15, 0.2) is 42.0 Å². The molecule has 92 valence electrons. The average molecular weight is 232 g/mol. The molecule has 1 atom stereocenters. The average Bonchev–Trinajstić information content (AvgIpc) is 2.29. The maximum absolute atomic E-state index is 11.0. The predicted molar refractivity (Wildman–Crippen MR) is 70.3 cm³/mol. The molecule has 17 heavy (non-hydrogen) atoms. The van der Waals surface area contributed by atoms with Crippen molar-refractivity contribution in [2.45, 2.75) is 26.4 Å². The molecule has 0 aliphatic heterocycles. The molecule has 0 radical (unpaired) electrons. The Bertz CT molecular complexity index is 398. The third-order valence-electron chi connectivity index (χ3n) is 2.85. The van der Waals surface area contributed by atoms with Crippen LogP contribution < -0.4 is 5.73 Å². The third kappa shape index (κ3) is 4.41. The number of hydrogen-bond donors (Lipinski definition) is 1. The molecule has 1 rings (SSSR count). The van der Waals surface area contributed by atoms with E-state index in [0.29, 0.717) is 5.57 Å². The molecule has 0 heterocycles. The molecule has 0 aliphatic carbocycles. The number of rotatable bonds is 5. The second-order valence-electron chi connectivity index (χ2n) is 4.36. The van der Waals surface area contributed by atoms with Crippen molar-refractivity contribution in [3.8, 4) is 0 Å². The Labute approximate surface area is 103 Å². The normalized spacial score (nSPS) is 13.8. The van der Waals surface area contributed by atoms with Crippen molar-refractivity contribution in [1.82, 2.24) is 4.90 Å². The number of benzene rings is 1. The summed E-state index contributed by atoms with van der Waals surface area (Å²) in [6.07, 6.45) is 1.89. The monoisotopic (exact) mass is 232 g/mol. The SMILES string of the molecule is C/C(=C\C(C)N(C)Cc1ccccc1)C(N)=O. The van der Waals surface area contributed by atoms with E-state index in [2.05, 4.69) is 24.0 Å². The summed E-state index contributed by atoms with van der Waals surface area (Å²) in [6, 6.07) is 10.4. The molecule has 3 nitrogen and oxygen atoms in total. The van der Waals surface area contributed by atoms with Crippen molar-refractivity contribution in [1.29, 1.82) is 0 Å². The fourth-order valence-corrected chi connectivity index (χ4v) is 1.59. The van der Waals surface area contributed by atoms with Crippen molar-refractivity contribution >= 4 is 5.91 Å². The maximum Gasteiger partial charge on any atom is 0.244 e. The summed E-state index contributed by atoms with van der Waals surface area (Å²) in [5, 5.41) is 0. The van der Waals surface area contributed by atoms with Gasteiger partial charge >= 0.3 is 0 Å². The van der Waals surface area contributed by atoms with Gasteiger partial charge in [0.1, 0.15) is 0 Å². The standard InChI is InChI=1S/C14H20N2O/c1-11(14(15)17)9-12(2)16(3)10-13-7-5-4-6-8-13/h4-9,12H,10H2,1-3H3,(H2,15,17)/b11-9+. The van der Waals surface area contributed by atoms with Crippen LogP contribution >= 0.6 is 0 Å². The number of nitrogens with zero attached hydrogens (tertiary/aromatic N) is 1. The van der Waals surface area contributed by atoms with E-state index in [9.17, 15) is 4.79 Å². The molecule has 0 saturated heterocycles. The molecule has 0 spiro atoms. The number of hydrogen-bond acceptors (Lipinski definition) is 2. The van der Waals surface area contributed by atoms with Gasteiger partial charge in [-0.25, -0.2) is 0 Å². The van der Waals surface area contributed by atoms with Gasteiger partial charge in [-0.05, 0) is 26.5 Å². The van der Waals surface area contributed by atoms with Gasteiger partial charge in [0, 0.05) is 18.2 Å². The Morgan fingerprint density at radius 2 is 2.00 bits per heavy atom. The van der Waals surface area contributed by atoms with Crippen molar-refractivity contribution in [3.05, 3.63) is 47.5 Å². The van der Waals surface area contributed by atoms with Gasteiger partial charge in [-0.1, -0.05) is 36.4 Å². The van der Waals surface area contributed by atoms with E-state index in [0.717, 1.165) is 6.54 Å². The van der Waals surface area contributed by atoms with Crippen LogP contribution in [0.1, 0.15) is 19.4 Å². The first kappa shape index (κ1) is 13.5. The fraction of sp³-hybridized carbons (Fsp3) is 0.357. The molecular weight excluding hydrogens is 212 g/mol. The molecular formula is C14H20N2O. The van der Waals surface area contributed by atoms with Crippen molar-refractivity contribution in [2.75, 3.05) is 7.05 Å². The molecule has 1 aromatic rings. The van der Waals surface area contributed by atoms with E-state index < -0.39 is 0 Å². The Balaban J connectivity index is 2.62. The smallest absolute Gasteiger partial charge is 0.244 e. The minimum atomic E-state index is -0.357. The lowest BCUT2D eigenvalue weighted by Gasteiger charge is -2.22. The first-order chi connectivity index (χ1) is 8.00. The Kier molecular flexibility index (Phi) is 4.91. The molecule has 2 N–H and O–H groups in total. The van der Waals surface area contributed by atoms with Crippen LogP contribution in [0.5, 0.6) is 0 Å². The van der Waals surface area contributed by atoms with E-state index in [4.69, 9.17) is 5.73 Å². The highest BCUT2D eigenvalue weighted by Crippen LogP contribution is 2.08. The zero-order valence-corrected chi connectivity index (χ0v) is 10.7. The van der Waals surface area contributed by atoms with E-state index in [1.807, 2.05) is 31.3 Å². The zero-order valence-electron chi connectivity index (χ0n) is 10.7. The number of amides is 1. The molecule has 1 unspecified atom stereocenters. The topological polar surface area (TPSA) is 46.3 Å². The van der Waals surface area contributed by atoms with Crippen molar-refractivity contribution in [3.63, 3.8) is 0 Å². The van der Waals surface area contributed by atoms with Gasteiger partial charge in [0.15, 0.2) is 0 Å². The largest absolute Gasteiger partial charge is 0.366 e. The number of likely N-dealkylation sites (N-methyl/N-ethyl adjacent to an activating group) is 1. The minimum absolute atomic E-state index is 0.183. The minimum Gasteiger partial charge on any atom is -0.366 e. The second-order valence-corrected chi connectivity index (χ2v) is 4.36. The van der Waals surface area contributed by atoms with Crippen LogP contribution in [0.25, 0.3) is 0 Å². The van der Waals surface area contributed by atoms with E-state index in [1.165, 1.54) is 5.56 Å². The zero-order chi connectivity index (χ0) is 12.8. The summed E-state index contributed by atoms with van der Waals surface area (Å²) in [5.74, 6) is -0.357. The van der Waals surface area contributed by atoms with Gasteiger partial charge in [-0.3, -0.25) is 9.69 Å². The quantitative estimate of drug-likeness (QED) is 0.789. The van der Waals surface area contributed by atoms with Crippen LogP contribution in [0.3, 0.4) is 0 Å².